The monoisotopic (exact) mass is 336 g/mol. The van der Waals surface area contributed by atoms with Gasteiger partial charge in [0.15, 0.2) is 0 Å². The SMILES string of the molecule is CC(N)C(C)C(=O)NCCNC(=O)c1cccnc1.Cl.Cl. The fraction of sp³-hybridized carbons (Fsp3) is 0.462. The van der Waals surface area contributed by atoms with Crippen LogP contribution in [0.2, 0.25) is 0 Å². The molecule has 0 radical (unpaired) electrons. The van der Waals surface area contributed by atoms with Crippen LogP contribution in [0, 0.1) is 5.92 Å². The summed E-state index contributed by atoms with van der Waals surface area (Å²) in [4.78, 5) is 27.1. The number of pyridine rings is 1. The largest absolute Gasteiger partial charge is 0.354 e. The molecule has 1 rings (SSSR count). The second-order valence-electron chi connectivity index (χ2n) is 4.44. The van der Waals surface area contributed by atoms with Crippen LogP contribution in [0.4, 0.5) is 0 Å². The summed E-state index contributed by atoms with van der Waals surface area (Å²) in [5, 5.41) is 5.42. The molecule has 8 heteroatoms. The summed E-state index contributed by atoms with van der Waals surface area (Å²) in [6, 6.07) is 3.19. The maximum atomic E-state index is 11.6. The summed E-state index contributed by atoms with van der Waals surface area (Å²) in [6.45, 7) is 4.30. The number of halogens is 2. The minimum atomic E-state index is -0.242. The number of rotatable bonds is 6. The van der Waals surface area contributed by atoms with Gasteiger partial charge in [-0.15, -0.1) is 24.8 Å². The van der Waals surface area contributed by atoms with Crippen molar-refractivity contribution < 1.29 is 9.59 Å². The van der Waals surface area contributed by atoms with E-state index in [2.05, 4.69) is 15.6 Å². The molecule has 21 heavy (non-hydrogen) atoms. The minimum absolute atomic E-state index is 0. The van der Waals surface area contributed by atoms with E-state index in [0.717, 1.165) is 0 Å². The summed E-state index contributed by atoms with van der Waals surface area (Å²) in [7, 11) is 0. The molecule has 0 aliphatic heterocycles. The zero-order valence-corrected chi connectivity index (χ0v) is 13.7. The van der Waals surface area contributed by atoms with Gasteiger partial charge in [-0.3, -0.25) is 14.6 Å². The Balaban J connectivity index is 0. The fourth-order valence-corrected chi connectivity index (χ4v) is 1.36. The van der Waals surface area contributed by atoms with Gasteiger partial charge in [0.1, 0.15) is 0 Å². The zero-order valence-electron chi connectivity index (χ0n) is 12.0. The zero-order chi connectivity index (χ0) is 14.3. The van der Waals surface area contributed by atoms with Gasteiger partial charge in [-0.25, -0.2) is 0 Å². The van der Waals surface area contributed by atoms with Crippen LogP contribution in [0.1, 0.15) is 24.2 Å². The topological polar surface area (TPSA) is 97.1 Å². The molecular formula is C13H22Cl2N4O2. The predicted molar refractivity (Wildman–Crippen MR) is 86.9 cm³/mol. The van der Waals surface area contributed by atoms with E-state index in [9.17, 15) is 9.59 Å². The van der Waals surface area contributed by atoms with Gasteiger partial charge in [-0.2, -0.15) is 0 Å². The summed E-state index contributed by atoms with van der Waals surface area (Å²) in [6.07, 6.45) is 3.10. The number of hydrogen-bond acceptors (Lipinski definition) is 4. The van der Waals surface area contributed by atoms with Gasteiger partial charge < -0.3 is 16.4 Å². The van der Waals surface area contributed by atoms with Crippen molar-refractivity contribution in [3.63, 3.8) is 0 Å². The normalized spacial score (nSPS) is 12.1. The molecule has 2 amide bonds. The minimum Gasteiger partial charge on any atom is -0.354 e. The second-order valence-corrected chi connectivity index (χ2v) is 4.44. The molecule has 0 aliphatic rings. The maximum Gasteiger partial charge on any atom is 0.252 e. The lowest BCUT2D eigenvalue weighted by Crippen LogP contribution is -2.41. The molecule has 2 unspecified atom stereocenters. The Hall–Kier alpha value is -1.37. The van der Waals surface area contributed by atoms with Gasteiger partial charge in [0.2, 0.25) is 5.91 Å². The average molecular weight is 337 g/mol. The third-order valence-corrected chi connectivity index (χ3v) is 2.84. The first-order chi connectivity index (χ1) is 9.02. The molecule has 120 valence electrons. The third-order valence-electron chi connectivity index (χ3n) is 2.84. The lowest BCUT2D eigenvalue weighted by molar-refractivity contribution is -0.124. The number of nitrogens with one attached hydrogen (secondary N) is 2. The van der Waals surface area contributed by atoms with Crippen LogP contribution >= 0.6 is 24.8 Å². The molecule has 0 fully saturated rings. The van der Waals surface area contributed by atoms with Crippen molar-refractivity contribution >= 4 is 36.6 Å². The number of aromatic nitrogens is 1. The predicted octanol–water partition coefficient (Wildman–Crippen LogP) is 0.754. The van der Waals surface area contributed by atoms with Crippen molar-refractivity contribution in [3.8, 4) is 0 Å². The van der Waals surface area contributed by atoms with Crippen molar-refractivity contribution in [3.05, 3.63) is 30.1 Å². The Morgan fingerprint density at radius 1 is 1.24 bits per heavy atom. The molecule has 0 saturated carbocycles. The van der Waals surface area contributed by atoms with E-state index < -0.39 is 0 Å². The van der Waals surface area contributed by atoms with Gasteiger partial charge in [-0.1, -0.05) is 6.92 Å². The van der Waals surface area contributed by atoms with E-state index in [0.29, 0.717) is 18.7 Å². The fourth-order valence-electron chi connectivity index (χ4n) is 1.36. The average Bonchev–Trinajstić information content (AvgIpc) is 2.43. The van der Waals surface area contributed by atoms with E-state index in [1.165, 1.54) is 6.20 Å². The molecule has 0 bridgehead atoms. The van der Waals surface area contributed by atoms with E-state index in [4.69, 9.17) is 5.73 Å². The lowest BCUT2D eigenvalue weighted by Gasteiger charge is -2.15. The van der Waals surface area contributed by atoms with E-state index in [1.807, 2.05) is 0 Å². The van der Waals surface area contributed by atoms with Gasteiger partial charge in [0, 0.05) is 37.4 Å². The molecular weight excluding hydrogens is 315 g/mol. The molecule has 1 aromatic heterocycles. The Labute approximate surface area is 137 Å². The molecule has 2 atom stereocenters. The number of carbonyl (C=O) groups is 2. The van der Waals surface area contributed by atoms with Crippen LogP contribution in [0.5, 0.6) is 0 Å². The van der Waals surface area contributed by atoms with Crippen molar-refractivity contribution in [1.82, 2.24) is 15.6 Å². The first-order valence-electron chi connectivity index (χ1n) is 6.24. The third kappa shape index (κ3) is 7.84. The Morgan fingerprint density at radius 3 is 2.38 bits per heavy atom. The number of carbonyl (C=O) groups excluding carboxylic acids is 2. The van der Waals surface area contributed by atoms with Crippen LogP contribution in [0.3, 0.4) is 0 Å². The van der Waals surface area contributed by atoms with Crippen molar-refractivity contribution in [1.29, 1.82) is 0 Å². The summed E-state index contributed by atoms with van der Waals surface area (Å²) < 4.78 is 0. The first-order valence-corrected chi connectivity index (χ1v) is 6.24. The highest BCUT2D eigenvalue weighted by molar-refractivity contribution is 5.93. The number of nitrogens with two attached hydrogens (primary N) is 1. The smallest absolute Gasteiger partial charge is 0.252 e. The molecule has 1 heterocycles. The van der Waals surface area contributed by atoms with Crippen LogP contribution in [0.15, 0.2) is 24.5 Å². The summed E-state index contributed by atoms with van der Waals surface area (Å²) >= 11 is 0. The molecule has 0 spiro atoms. The second kappa shape index (κ2) is 11.3. The lowest BCUT2D eigenvalue weighted by atomic mass is 10.0. The Bertz CT molecular complexity index is 429. The molecule has 0 aliphatic carbocycles. The maximum absolute atomic E-state index is 11.6. The van der Waals surface area contributed by atoms with Gasteiger partial charge >= 0.3 is 0 Å². The molecule has 4 N–H and O–H groups in total. The Kier molecular flexibility index (Phi) is 11.8. The van der Waals surface area contributed by atoms with Crippen LogP contribution in [0.25, 0.3) is 0 Å². The van der Waals surface area contributed by atoms with Crippen LogP contribution < -0.4 is 16.4 Å². The van der Waals surface area contributed by atoms with Crippen LogP contribution in [-0.4, -0.2) is 35.9 Å². The Morgan fingerprint density at radius 2 is 1.86 bits per heavy atom. The van der Waals surface area contributed by atoms with Gasteiger partial charge in [-0.05, 0) is 19.1 Å². The number of amides is 2. The molecule has 1 aromatic rings. The molecule has 0 aromatic carbocycles. The highest BCUT2D eigenvalue weighted by Gasteiger charge is 2.16. The van der Waals surface area contributed by atoms with Crippen LogP contribution in [-0.2, 0) is 4.79 Å². The van der Waals surface area contributed by atoms with Gasteiger partial charge in [0.25, 0.3) is 5.91 Å². The van der Waals surface area contributed by atoms with E-state index in [-0.39, 0.29) is 48.6 Å². The van der Waals surface area contributed by atoms with Crippen molar-refractivity contribution in [2.75, 3.05) is 13.1 Å². The number of hydrogen-bond donors (Lipinski definition) is 3. The quantitative estimate of drug-likeness (QED) is 0.668. The number of nitrogens with zero attached hydrogens (tertiary/aromatic N) is 1. The molecule has 6 nitrogen and oxygen atoms in total. The van der Waals surface area contributed by atoms with Crippen molar-refractivity contribution in [2.45, 2.75) is 19.9 Å². The first kappa shape index (κ1) is 21.9. The molecule has 0 saturated heterocycles. The van der Waals surface area contributed by atoms with Gasteiger partial charge in [0.05, 0.1) is 5.56 Å². The summed E-state index contributed by atoms with van der Waals surface area (Å²) in [5.41, 5.74) is 6.13. The highest BCUT2D eigenvalue weighted by atomic mass is 35.5. The van der Waals surface area contributed by atoms with E-state index in [1.54, 1.807) is 32.2 Å². The van der Waals surface area contributed by atoms with Crippen molar-refractivity contribution in [2.24, 2.45) is 11.7 Å². The van der Waals surface area contributed by atoms with E-state index >= 15 is 0 Å². The standard InChI is InChI=1S/C13H20N4O2.2ClH/c1-9(10(2)14)12(18)16-6-7-17-13(19)11-4-3-5-15-8-11;;/h3-5,8-10H,6-7,14H2,1-2H3,(H,16,18)(H,17,19);2*1H. The summed E-state index contributed by atoms with van der Waals surface area (Å²) in [5.74, 6) is -0.553. The highest BCUT2D eigenvalue weighted by Crippen LogP contribution is 1.98.